The van der Waals surface area contributed by atoms with Crippen molar-refractivity contribution in [3.8, 4) is 0 Å². The molecule has 2 aromatic rings. The molecule has 1 saturated carbocycles. The number of pyridine rings is 1. The van der Waals surface area contributed by atoms with Gasteiger partial charge in [0.15, 0.2) is 0 Å². The van der Waals surface area contributed by atoms with Gasteiger partial charge < -0.3 is 10.1 Å². The summed E-state index contributed by atoms with van der Waals surface area (Å²) in [5.41, 5.74) is 5.38. The van der Waals surface area contributed by atoms with E-state index < -0.39 is 0 Å². The molecule has 1 heterocycles. The largest absolute Gasteiger partial charge is 0.378 e. The lowest BCUT2D eigenvalue weighted by Gasteiger charge is -2.29. The highest BCUT2D eigenvalue weighted by Gasteiger charge is 2.23. The topological polar surface area (TPSA) is 34.1 Å². The standard InChI is InChI=1S/C19H30O.C8H11N.C2H7N/c1-4-6-16(3)14-20-19-11-9-17(10-12-19)18-8-5-7-15(2)13-18;1-3-8-4-5-9-7(2)6-8;1-3-2/h5,7-8,13,16-17,19H,4,6,9-12,14H2,1-3H3;4-6H,3H2,1-2H3;3H,1-2H3. The van der Waals surface area contributed by atoms with Crippen LogP contribution >= 0.6 is 0 Å². The summed E-state index contributed by atoms with van der Waals surface area (Å²) in [6, 6.07) is 13.2. The molecule has 1 fully saturated rings. The number of benzene rings is 1. The van der Waals surface area contributed by atoms with Crippen LogP contribution in [0, 0.1) is 19.8 Å². The second-order valence-corrected chi connectivity index (χ2v) is 9.27. The zero-order valence-electron chi connectivity index (χ0n) is 21.8. The van der Waals surface area contributed by atoms with Crippen LogP contribution in [0.25, 0.3) is 0 Å². The van der Waals surface area contributed by atoms with Crippen LogP contribution in [-0.2, 0) is 11.2 Å². The van der Waals surface area contributed by atoms with Crippen LogP contribution in [0.5, 0.6) is 0 Å². The monoisotopic (exact) mass is 440 g/mol. The molecule has 0 radical (unpaired) electrons. The third-order valence-electron chi connectivity index (χ3n) is 5.95. The van der Waals surface area contributed by atoms with E-state index in [1.807, 2.05) is 33.3 Å². The van der Waals surface area contributed by atoms with E-state index in [2.05, 4.69) is 68.3 Å². The predicted octanol–water partition coefficient (Wildman–Crippen LogP) is 7.26. The molecule has 0 spiro atoms. The molecule has 3 rings (SSSR count). The van der Waals surface area contributed by atoms with E-state index in [-0.39, 0.29) is 0 Å². The second-order valence-electron chi connectivity index (χ2n) is 9.27. The number of rotatable bonds is 7. The first kappa shape index (κ1) is 28.3. The molecule has 1 aromatic carbocycles. The molecule has 1 aliphatic carbocycles. The first-order valence-corrected chi connectivity index (χ1v) is 12.6. The SMILES string of the molecule is CCCC(C)COC1CCC(c2cccc(C)c2)CC1.CCc1ccnc(C)c1.CNC. The van der Waals surface area contributed by atoms with E-state index in [1.54, 1.807) is 0 Å². The molecule has 180 valence electrons. The van der Waals surface area contributed by atoms with Gasteiger partial charge in [-0.25, -0.2) is 0 Å². The summed E-state index contributed by atoms with van der Waals surface area (Å²) in [6.45, 7) is 11.9. The highest BCUT2D eigenvalue weighted by molar-refractivity contribution is 5.25. The number of hydrogen-bond acceptors (Lipinski definition) is 3. The minimum atomic E-state index is 0.510. The Morgan fingerprint density at radius 1 is 1.03 bits per heavy atom. The van der Waals surface area contributed by atoms with Gasteiger partial charge in [-0.1, -0.05) is 57.0 Å². The second kappa shape index (κ2) is 16.9. The van der Waals surface area contributed by atoms with Crippen molar-refractivity contribution in [2.45, 2.75) is 91.6 Å². The van der Waals surface area contributed by atoms with Crippen LogP contribution < -0.4 is 5.32 Å². The molecule has 1 N–H and O–H groups in total. The fourth-order valence-corrected chi connectivity index (χ4v) is 4.19. The lowest BCUT2D eigenvalue weighted by Crippen LogP contribution is -2.23. The molecule has 1 atom stereocenters. The van der Waals surface area contributed by atoms with Crippen LogP contribution in [0.1, 0.15) is 87.6 Å². The summed E-state index contributed by atoms with van der Waals surface area (Å²) < 4.78 is 6.11. The Balaban J connectivity index is 0.000000354. The van der Waals surface area contributed by atoms with E-state index in [9.17, 15) is 0 Å². The first-order chi connectivity index (χ1) is 15.4. The normalized spacial score (nSPS) is 18.6. The molecule has 3 heteroatoms. The Kier molecular flexibility index (Phi) is 14.9. The zero-order chi connectivity index (χ0) is 23.8. The van der Waals surface area contributed by atoms with E-state index in [1.165, 1.54) is 55.2 Å². The maximum absolute atomic E-state index is 6.11. The lowest BCUT2D eigenvalue weighted by atomic mass is 9.82. The van der Waals surface area contributed by atoms with Crippen molar-refractivity contribution in [1.82, 2.24) is 10.3 Å². The van der Waals surface area contributed by atoms with Gasteiger partial charge >= 0.3 is 0 Å². The molecular weight excluding hydrogens is 392 g/mol. The molecule has 0 bridgehead atoms. The summed E-state index contributed by atoms with van der Waals surface area (Å²) in [6.07, 6.45) is 11.1. The fourth-order valence-electron chi connectivity index (χ4n) is 4.19. The van der Waals surface area contributed by atoms with Gasteiger partial charge in [-0.15, -0.1) is 0 Å². The Labute approximate surface area is 198 Å². The maximum atomic E-state index is 6.11. The van der Waals surface area contributed by atoms with Crippen molar-refractivity contribution < 1.29 is 4.74 Å². The predicted molar refractivity (Wildman–Crippen MR) is 140 cm³/mol. The minimum absolute atomic E-state index is 0.510. The molecule has 0 aliphatic heterocycles. The minimum Gasteiger partial charge on any atom is -0.378 e. The molecule has 3 nitrogen and oxygen atoms in total. The van der Waals surface area contributed by atoms with Gasteiger partial charge in [-0.05, 0) is 102 Å². The molecule has 0 saturated heterocycles. The van der Waals surface area contributed by atoms with Gasteiger partial charge in [0, 0.05) is 18.5 Å². The summed E-state index contributed by atoms with van der Waals surface area (Å²) in [5.74, 6) is 1.47. The molecule has 0 amide bonds. The van der Waals surface area contributed by atoms with Crippen LogP contribution in [-0.4, -0.2) is 31.8 Å². The Morgan fingerprint density at radius 3 is 2.25 bits per heavy atom. The quantitative estimate of drug-likeness (QED) is 0.492. The van der Waals surface area contributed by atoms with Crippen molar-refractivity contribution in [3.63, 3.8) is 0 Å². The van der Waals surface area contributed by atoms with Gasteiger partial charge in [0.1, 0.15) is 0 Å². The van der Waals surface area contributed by atoms with Gasteiger partial charge in [0.2, 0.25) is 0 Å². The summed E-state index contributed by atoms with van der Waals surface area (Å²) in [5, 5.41) is 2.75. The van der Waals surface area contributed by atoms with Crippen LogP contribution in [0.4, 0.5) is 0 Å². The van der Waals surface area contributed by atoms with Gasteiger partial charge in [0.05, 0.1) is 6.10 Å². The van der Waals surface area contributed by atoms with Crippen LogP contribution in [0.15, 0.2) is 42.6 Å². The zero-order valence-corrected chi connectivity index (χ0v) is 21.8. The summed E-state index contributed by atoms with van der Waals surface area (Å²) >= 11 is 0. The van der Waals surface area contributed by atoms with Gasteiger partial charge in [0.25, 0.3) is 0 Å². The number of hydrogen-bond donors (Lipinski definition) is 1. The van der Waals surface area contributed by atoms with Crippen molar-refractivity contribution in [2.75, 3.05) is 20.7 Å². The van der Waals surface area contributed by atoms with Gasteiger partial charge in [-0.2, -0.15) is 0 Å². The number of nitrogens with one attached hydrogen (secondary N) is 1. The highest BCUT2D eigenvalue weighted by Crippen LogP contribution is 2.34. The van der Waals surface area contributed by atoms with E-state index >= 15 is 0 Å². The molecule has 32 heavy (non-hydrogen) atoms. The van der Waals surface area contributed by atoms with Crippen LogP contribution in [0.3, 0.4) is 0 Å². The van der Waals surface area contributed by atoms with Crippen molar-refractivity contribution in [1.29, 1.82) is 0 Å². The third kappa shape index (κ3) is 11.8. The summed E-state index contributed by atoms with van der Waals surface area (Å²) in [4.78, 5) is 4.09. The number of aromatic nitrogens is 1. The van der Waals surface area contributed by atoms with Gasteiger partial charge in [-0.3, -0.25) is 4.98 Å². The van der Waals surface area contributed by atoms with Crippen molar-refractivity contribution >= 4 is 0 Å². The lowest BCUT2D eigenvalue weighted by molar-refractivity contribution is 0.00621. The average Bonchev–Trinajstić information content (AvgIpc) is 2.79. The molecule has 1 aromatic heterocycles. The molecular formula is C29H48N2O. The maximum Gasteiger partial charge on any atom is 0.0575 e. The number of nitrogens with zero attached hydrogens (tertiary/aromatic N) is 1. The Morgan fingerprint density at radius 2 is 1.72 bits per heavy atom. The van der Waals surface area contributed by atoms with E-state index in [4.69, 9.17) is 4.74 Å². The third-order valence-corrected chi connectivity index (χ3v) is 5.95. The smallest absolute Gasteiger partial charge is 0.0575 e. The number of ether oxygens (including phenoxy) is 1. The number of aryl methyl sites for hydroxylation is 3. The van der Waals surface area contributed by atoms with E-state index in [0.29, 0.717) is 6.10 Å². The molecule has 1 unspecified atom stereocenters. The van der Waals surface area contributed by atoms with Crippen molar-refractivity contribution in [3.05, 3.63) is 65.0 Å². The first-order valence-electron chi connectivity index (χ1n) is 12.6. The average molecular weight is 441 g/mol. The highest BCUT2D eigenvalue weighted by atomic mass is 16.5. The molecule has 1 aliphatic rings. The van der Waals surface area contributed by atoms with Crippen molar-refractivity contribution in [2.24, 2.45) is 5.92 Å². The van der Waals surface area contributed by atoms with E-state index in [0.717, 1.165) is 30.6 Å². The summed E-state index contributed by atoms with van der Waals surface area (Å²) in [7, 11) is 3.75. The fraction of sp³-hybridized carbons (Fsp3) is 0.621. The Bertz CT molecular complexity index is 723. The Hall–Kier alpha value is -1.71. The van der Waals surface area contributed by atoms with Crippen LogP contribution in [0.2, 0.25) is 0 Å².